The van der Waals surface area contributed by atoms with Crippen molar-refractivity contribution in [2.24, 2.45) is 5.73 Å². The molecule has 0 aromatic carbocycles. The zero-order chi connectivity index (χ0) is 8.20. The third-order valence-corrected chi connectivity index (χ3v) is 1.76. The SMILES string of the molecule is CCC(OC)C(C)(O)CN. The van der Waals surface area contributed by atoms with Crippen molar-refractivity contribution in [2.75, 3.05) is 13.7 Å². The molecule has 0 fully saturated rings. The van der Waals surface area contributed by atoms with Crippen LogP contribution >= 0.6 is 0 Å². The summed E-state index contributed by atoms with van der Waals surface area (Å²) in [5.74, 6) is 0. The second kappa shape index (κ2) is 3.91. The third kappa shape index (κ3) is 2.25. The van der Waals surface area contributed by atoms with Crippen LogP contribution in [0.5, 0.6) is 0 Å². The van der Waals surface area contributed by atoms with Gasteiger partial charge in [-0.1, -0.05) is 6.92 Å². The number of hydrogen-bond donors (Lipinski definition) is 2. The molecule has 0 radical (unpaired) electrons. The zero-order valence-electron chi connectivity index (χ0n) is 6.92. The van der Waals surface area contributed by atoms with Crippen molar-refractivity contribution in [3.05, 3.63) is 0 Å². The van der Waals surface area contributed by atoms with E-state index in [-0.39, 0.29) is 12.6 Å². The Bertz CT molecular complexity index is 89.6. The summed E-state index contributed by atoms with van der Waals surface area (Å²) in [5, 5.41) is 9.53. The molecule has 0 heterocycles. The first-order chi connectivity index (χ1) is 4.58. The van der Waals surface area contributed by atoms with E-state index in [0.29, 0.717) is 0 Å². The van der Waals surface area contributed by atoms with Gasteiger partial charge in [0.2, 0.25) is 0 Å². The van der Waals surface area contributed by atoms with Crippen LogP contribution in [0.4, 0.5) is 0 Å². The van der Waals surface area contributed by atoms with Gasteiger partial charge in [-0.3, -0.25) is 0 Å². The van der Waals surface area contributed by atoms with Crippen LogP contribution in [-0.2, 0) is 4.74 Å². The minimum atomic E-state index is -0.885. The summed E-state index contributed by atoms with van der Waals surface area (Å²) in [6.07, 6.45) is 0.623. The summed E-state index contributed by atoms with van der Waals surface area (Å²) in [5.41, 5.74) is 4.44. The summed E-state index contributed by atoms with van der Waals surface area (Å²) in [6, 6.07) is 0. The maximum Gasteiger partial charge on any atom is 0.100 e. The van der Waals surface area contributed by atoms with Gasteiger partial charge < -0.3 is 15.6 Å². The summed E-state index contributed by atoms with van der Waals surface area (Å²) in [7, 11) is 1.58. The van der Waals surface area contributed by atoms with Crippen molar-refractivity contribution >= 4 is 0 Å². The molecule has 2 unspecified atom stereocenters. The smallest absolute Gasteiger partial charge is 0.100 e. The van der Waals surface area contributed by atoms with Gasteiger partial charge in [0.05, 0.1) is 6.10 Å². The lowest BCUT2D eigenvalue weighted by molar-refractivity contribution is -0.0765. The van der Waals surface area contributed by atoms with Crippen molar-refractivity contribution in [2.45, 2.75) is 32.0 Å². The van der Waals surface area contributed by atoms with Crippen LogP contribution in [0.25, 0.3) is 0 Å². The number of ether oxygens (including phenoxy) is 1. The first-order valence-electron chi connectivity index (χ1n) is 3.53. The number of methoxy groups -OCH3 is 1. The molecule has 2 atom stereocenters. The van der Waals surface area contributed by atoms with E-state index in [0.717, 1.165) is 6.42 Å². The van der Waals surface area contributed by atoms with Gasteiger partial charge in [0.15, 0.2) is 0 Å². The number of rotatable bonds is 4. The molecule has 0 rings (SSSR count). The highest BCUT2D eigenvalue weighted by Gasteiger charge is 2.28. The van der Waals surface area contributed by atoms with Gasteiger partial charge in [0.25, 0.3) is 0 Å². The Morgan fingerprint density at radius 1 is 1.70 bits per heavy atom. The highest BCUT2D eigenvalue weighted by atomic mass is 16.5. The average Bonchev–Trinajstić information content (AvgIpc) is 1.90. The molecule has 0 aliphatic carbocycles. The van der Waals surface area contributed by atoms with E-state index in [4.69, 9.17) is 10.5 Å². The van der Waals surface area contributed by atoms with Gasteiger partial charge in [0.1, 0.15) is 5.60 Å². The summed E-state index contributed by atoms with van der Waals surface area (Å²) < 4.78 is 5.03. The second-order valence-corrected chi connectivity index (χ2v) is 2.69. The van der Waals surface area contributed by atoms with Crippen LogP contribution in [0.15, 0.2) is 0 Å². The van der Waals surface area contributed by atoms with E-state index in [2.05, 4.69) is 0 Å². The van der Waals surface area contributed by atoms with Crippen LogP contribution < -0.4 is 5.73 Å². The minimum Gasteiger partial charge on any atom is -0.386 e. The van der Waals surface area contributed by atoms with E-state index < -0.39 is 5.60 Å². The molecule has 0 aliphatic rings. The number of nitrogens with two attached hydrogens (primary N) is 1. The Hall–Kier alpha value is -0.120. The van der Waals surface area contributed by atoms with Crippen molar-refractivity contribution in [1.82, 2.24) is 0 Å². The lowest BCUT2D eigenvalue weighted by Gasteiger charge is -2.29. The van der Waals surface area contributed by atoms with Gasteiger partial charge in [-0.15, -0.1) is 0 Å². The molecule has 3 nitrogen and oxygen atoms in total. The first kappa shape index (κ1) is 9.88. The summed E-state index contributed by atoms with van der Waals surface area (Å²) >= 11 is 0. The Labute approximate surface area is 62.2 Å². The Morgan fingerprint density at radius 3 is 2.30 bits per heavy atom. The van der Waals surface area contributed by atoms with Gasteiger partial charge in [-0.2, -0.15) is 0 Å². The molecule has 10 heavy (non-hydrogen) atoms. The molecule has 62 valence electrons. The monoisotopic (exact) mass is 147 g/mol. The molecule has 0 aliphatic heterocycles. The Kier molecular flexibility index (Phi) is 3.86. The van der Waals surface area contributed by atoms with Gasteiger partial charge in [-0.25, -0.2) is 0 Å². The molecule has 0 aromatic rings. The van der Waals surface area contributed by atoms with Crippen LogP contribution in [-0.4, -0.2) is 30.5 Å². The summed E-state index contributed by atoms with van der Waals surface area (Å²) in [4.78, 5) is 0. The predicted octanol–water partition coefficient (Wildman–Crippen LogP) is 0.121. The highest BCUT2D eigenvalue weighted by molar-refractivity contribution is 4.82. The third-order valence-electron chi connectivity index (χ3n) is 1.76. The first-order valence-corrected chi connectivity index (χ1v) is 3.53. The molecule has 3 N–H and O–H groups in total. The fourth-order valence-corrected chi connectivity index (χ4v) is 0.992. The zero-order valence-corrected chi connectivity index (χ0v) is 6.92. The van der Waals surface area contributed by atoms with Crippen molar-refractivity contribution in [3.8, 4) is 0 Å². The van der Waals surface area contributed by atoms with Gasteiger partial charge in [-0.05, 0) is 13.3 Å². The number of hydrogen-bond acceptors (Lipinski definition) is 3. The summed E-state index contributed by atoms with van der Waals surface area (Å²) in [6.45, 7) is 3.88. The maximum atomic E-state index is 9.53. The quantitative estimate of drug-likeness (QED) is 0.594. The number of aliphatic hydroxyl groups is 1. The normalized spacial score (nSPS) is 20.1. The second-order valence-electron chi connectivity index (χ2n) is 2.69. The largest absolute Gasteiger partial charge is 0.386 e. The molecule has 0 spiro atoms. The van der Waals surface area contributed by atoms with E-state index in [1.165, 1.54) is 0 Å². The van der Waals surface area contributed by atoms with Crippen molar-refractivity contribution in [1.29, 1.82) is 0 Å². The molecule has 0 saturated carbocycles. The van der Waals surface area contributed by atoms with Crippen LogP contribution in [0.3, 0.4) is 0 Å². The maximum absolute atomic E-state index is 9.53. The van der Waals surface area contributed by atoms with Crippen LogP contribution in [0.1, 0.15) is 20.3 Å². The molecule has 3 heteroatoms. The molecular weight excluding hydrogens is 130 g/mol. The Balaban J connectivity index is 3.97. The van der Waals surface area contributed by atoms with Gasteiger partial charge in [0, 0.05) is 13.7 Å². The highest BCUT2D eigenvalue weighted by Crippen LogP contribution is 2.13. The lowest BCUT2D eigenvalue weighted by Crippen LogP contribution is -2.46. The molecule has 0 amide bonds. The lowest BCUT2D eigenvalue weighted by atomic mass is 9.97. The predicted molar refractivity (Wildman–Crippen MR) is 40.8 cm³/mol. The van der Waals surface area contributed by atoms with Crippen molar-refractivity contribution in [3.63, 3.8) is 0 Å². The van der Waals surface area contributed by atoms with E-state index in [1.54, 1.807) is 14.0 Å². The van der Waals surface area contributed by atoms with Crippen molar-refractivity contribution < 1.29 is 9.84 Å². The molecule has 0 aromatic heterocycles. The molecular formula is C7H17NO2. The molecule has 0 saturated heterocycles. The van der Waals surface area contributed by atoms with E-state index in [9.17, 15) is 5.11 Å². The molecule has 0 bridgehead atoms. The fraction of sp³-hybridized carbons (Fsp3) is 1.00. The topological polar surface area (TPSA) is 55.5 Å². The van der Waals surface area contributed by atoms with Crippen LogP contribution in [0, 0.1) is 0 Å². The van der Waals surface area contributed by atoms with Gasteiger partial charge >= 0.3 is 0 Å². The Morgan fingerprint density at radius 2 is 2.20 bits per heavy atom. The fourth-order valence-electron chi connectivity index (χ4n) is 0.992. The van der Waals surface area contributed by atoms with E-state index in [1.807, 2.05) is 6.92 Å². The standard InChI is InChI=1S/C7H17NO2/c1-4-6(10-3)7(2,9)5-8/h6,9H,4-5,8H2,1-3H3. The van der Waals surface area contributed by atoms with Crippen LogP contribution in [0.2, 0.25) is 0 Å². The average molecular weight is 147 g/mol. The minimum absolute atomic E-state index is 0.155. The van der Waals surface area contributed by atoms with E-state index >= 15 is 0 Å².